The number of nitrogens with one attached hydrogen (secondary N) is 2. The summed E-state index contributed by atoms with van der Waals surface area (Å²) in [5.74, 6) is -0.0143. The summed E-state index contributed by atoms with van der Waals surface area (Å²) >= 11 is 0. The number of amides is 2. The zero-order valence-electron chi connectivity index (χ0n) is 16.6. The highest BCUT2D eigenvalue weighted by atomic mass is 16.7. The van der Waals surface area contributed by atoms with E-state index in [0.717, 1.165) is 5.56 Å². The second-order valence-electron chi connectivity index (χ2n) is 6.42. The van der Waals surface area contributed by atoms with Crippen LogP contribution in [0.5, 0.6) is 17.2 Å². The molecule has 0 fully saturated rings. The minimum Gasteiger partial charge on any atom is -0.496 e. The molecule has 9 nitrogen and oxygen atoms in total. The van der Waals surface area contributed by atoms with Crippen LogP contribution in [0.2, 0.25) is 0 Å². The molecule has 1 aliphatic heterocycles. The number of ether oxygens (including phenoxy) is 4. The molecule has 2 N–H and O–H groups in total. The molecule has 0 spiro atoms. The number of carbonyl (C=O) groups is 3. The zero-order valence-corrected chi connectivity index (χ0v) is 16.6. The molecule has 1 aliphatic rings. The van der Waals surface area contributed by atoms with Crippen molar-refractivity contribution in [2.75, 3.05) is 20.4 Å². The zero-order chi connectivity index (χ0) is 21.5. The van der Waals surface area contributed by atoms with E-state index in [4.69, 9.17) is 18.9 Å². The highest BCUT2D eigenvalue weighted by Gasteiger charge is 2.20. The fraction of sp³-hybridized carbons (Fsp3) is 0.286. The SMILES string of the molecule is COc1ccccc1C(=O)NCC(=O)OC(C)C(=O)NCc1ccc2c(c1)OCO2. The van der Waals surface area contributed by atoms with Crippen LogP contribution in [-0.2, 0) is 20.9 Å². The van der Waals surface area contributed by atoms with Gasteiger partial charge in [-0.05, 0) is 36.8 Å². The Kier molecular flexibility index (Phi) is 6.74. The second-order valence-corrected chi connectivity index (χ2v) is 6.42. The summed E-state index contributed by atoms with van der Waals surface area (Å²) in [5, 5.41) is 5.13. The third-order valence-corrected chi connectivity index (χ3v) is 4.33. The number of fused-ring (bicyclic) bond motifs is 1. The average Bonchev–Trinajstić information content (AvgIpc) is 3.23. The van der Waals surface area contributed by atoms with Gasteiger partial charge in [0.05, 0.1) is 12.7 Å². The summed E-state index contributed by atoms with van der Waals surface area (Å²) in [6.45, 7) is 1.49. The van der Waals surface area contributed by atoms with Gasteiger partial charge in [-0.1, -0.05) is 18.2 Å². The topological polar surface area (TPSA) is 112 Å². The average molecular weight is 414 g/mol. The van der Waals surface area contributed by atoms with Gasteiger partial charge in [-0.15, -0.1) is 0 Å². The highest BCUT2D eigenvalue weighted by Crippen LogP contribution is 2.32. The van der Waals surface area contributed by atoms with E-state index in [1.165, 1.54) is 14.0 Å². The number of esters is 1. The van der Waals surface area contributed by atoms with Gasteiger partial charge in [0, 0.05) is 6.54 Å². The predicted molar refractivity (Wildman–Crippen MR) is 105 cm³/mol. The van der Waals surface area contributed by atoms with E-state index in [0.29, 0.717) is 22.8 Å². The number of carbonyl (C=O) groups excluding carboxylic acids is 3. The van der Waals surface area contributed by atoms with Crippen molar-refractivity contribution >= 4 is 17.8 Å². The monoisotopic (exact) mass is 414 g/mol. The molecule has 2 amide bonds. The maximum atomic E-state index is 12.2. The Balaban J connectivity index is 1.43. The van der Waals surface area contributed by atoms with E-state index < -0.39 is 23.9 Å². The number of para-hydroxylation sites is 1. The van der Waals surface area contributed by atoms with Crippen LogP contribution in [-0.4, -0.2) is 44.3 Å². The van der Waals surface area contributed by atoms with Gasteiger partial charge in [0.1, 0.15) is 12.3 Å². The third kappa shape index (κ3) is 5.19. The molecule has 0 radical (unpaired) electrons. The van der Waals surface area contributed by atoms with Gasteiger partial charge in [0.15, 0.2) is 17.6 Å². The summed E-state index contributed by atoms with van der Waals surface area (Å²) in [6.07, 6.45) is -1.02. The first-order valence-electron chi connectivity index (χ1n) is 9.25. The summed E-state index contributed by atoms with van der Waals surface area (Å²) < 4.78 is 20.7. The molecule has 1 atom stereocenters. The molecule has 1 heterocycles. The number of hydrogen-bond donors (Lipinski definition) is 2. The Morgan fingerprint density at radius 1 is 1.07 bits per heavy atom. The van der Waals surface area contributed by atoms with Gasteiger partial charge < -0.3 is 29.6 Å². The molecule has 0 saturated carbocycles. The van der Waals surface area contributed by atoms with Gasteiger partial charge in [-0.25, -0.2) is 0 Å². The normalized spacial score (nSPS) is 12.6. The first kappa shape index (κ1) is 21.0. The van der Waals surface area contributed by atoms with E-state index >= 15 is 0 Å². The molecule has 2 aromatic rings. The Morgan fingerprint density at radius 3 is 2.63 bits per heavy atom. The summed E-state index contributed by atoms with van der Waals surface area (Å²) in [6, 6.07) is 12.0. The minimum atomic E-state index is -1.02. The van der Waals surface area contributed by atoms with Crippen LogP contribution in [0.25, 0.3) is 0 Å². The van der Waals surface area contributed by atoms with Crippen LogP contribution in [0.3, 0.4) is 0 Å². The smallest absolute Gasteiger partial charge is 0.326 e. The van der Waals surface area contributed by atoms with Crippen LogP contribution in [0.4, 0.5) is 0 Å². The van der Waals surface area contributed by atoms with E-state index in [1.807, 2.05) is 0 Å². The standard InChI is InChI=1S/C21H22N2O7/c1-13(20(25)22-10-14-7-8-17-18(9-14)29-12-28-17)30-19(24)11-23-21(26)15-5-3-4-6-16(15)27-2/h3-9,13H,10-12H2,1-2H3,(H,22,25)(H,23,26). The largest absolute Gasteiger partial charge is 0.496 e. The van der Waals surface area contributed by atoms with Crippen molar-refractivity contribution in [1.82, 2.24) is 10.6 Å². The van der Waals surface area contributed by atoms with Crippen molar-refractivity contribution in [3.63, 3.8) is 0 Å². The fourth-order valence-electron chi connectivity index (χ4n) is 2.76. The molecule has 0 aromatic heterocycles. The fourth-order valence-corrected chi connectivity index (χ4v) is 2.76. The van der Waals surface area contributed by atoms with Crippen LogP contribution in [0.1, 0.15) is 22.8 Å². The first-order valence-corrected chi connectivity index (χ1v) is 9.25. The molecular formula is C21H22N2O7. The van der Waals surface area contributed by atoms with Gasteiger partial charge in [-0.2, -0.15) is 0 Å². The van der Waals surface area contributed by atoms with Gasteiger partial charge in [0.2, 0.25) is 6.79 Å². The third-order valence-electron chi connectivity index (χ3n) is 4.33. The quantitative estimate of drug-likeness (QED) is 0.628. The summed E-state index contributed by atoms with van der Waals surface area (Å²) in [4.78, 5) is 36.3. The van der Waals surface area contributed by atoms with Crippen LogP contribution < -0.4 is 24.8 Å². The number of methoxy groups -OCH3 is 1. The molecule has 0 bridgehead atoms. The van der Waals surface area contributed by atoms with E-state index in [-0.39, 0.29) is 19.9 Å². The van der Waals surface area contributed by atoms with Crippen molar-refractivity contribution in [2.45, 2.75) is 19.6 Å². The maximum Gasteiger partial charge on any atom is 0.326 e. The molecule has 1 unspecified atom stereocenters. The van der Waals surface area contributed by atoms with Crippen LogP contribution in [0, 0.1) is 0 Å². The Hall–Kier alpha value is -3.75. The molecule has 158 valence electrons. The van der Waals surface area contributed by atoms with Gasteiger partial charge >= 0.3 is 5.97 Å². The minimum absolute atomic E-state index is 0.172. The lowest BCUT2D eigenvalue weighted by atomic mass is 10.2. The number of benzene rings is 2. The molecule has 30 heavy (non-hydrogen) atoms. The van der Waals surface area contributed by atoms with Gasteiger partial charge in [0.25, 0.3) is 11.8 Å². The van der Waals surface area contributed by atoms with Crippen molar-refractivity contribution in [1.29, 1.82) is 0 Å². The first-order chi connectivity index (χ1) is 14.5. The predicted octanol–water partition coefficient (Wildman–Crippen LogP) is 1.40. The molecule has 9 heteroatoms. The van der Waals surface area contributed by atoms with Crippen LogP contribution in [0.15, 0.2) is 42.5 Å². The lowest BCUT2D eigenvalue weighted by molar-refractivity contribution is -0.153. The number of rotatable bonds is 8. The Labute approximate surface area is 173 Å². The van der Waals surface area contributed by atoms with Crippen molar-refractivity contribution in [3.8, 4) is 17.2 Å². The van der Waals surface area contributed by atoms with E-state index in [1.54, 1.807) is 42.5 Å². The van der Waals surface area contributed by atoms with Crippen molar-refractivity contribution < 1.29 is 33.3 Å². The Bertz CT molecular complexity index is 945. The highest BCUT2D eigenvalue weighted by molar-refractivity contribution is 5.98. The summed E-state index contributed by atoms with van der Waals surface area (Å²) in [5.41, 5.74) is 1.11. The molecule has 3 rings (SSSR count). The van der Waals surface area contributed by atoms with Crippen LogP contribution >= 0.6 is 0 Å². The second kappa shape index (κ2) is 9.64. The lowest BCUT2D eigenvalue weighted by Gasteiger charge is -2.14. The lowest BCUT2D eigenvalue weighted by Crippen LogP contribution is -2.38. The molecule has 2 aromatic carbocycles. The molecule has 0 aliphatic carbocycles. The molecular weight excluding hydrogens is 392 g/mol. The van der Waals surface area contributed by atoms with Gasteiger partial charge in [-0.3, -0.25) is 14.4 Å². The van der Waals surface area contributed by atoms with Crippen molar-refractivity contribution in [2.24, 2.45) is 0 Å². The Morgan fingerprint density at radius 2 is 1.83 bits per heavy atom. The van der Waals surface area contributed by atoms with E-state index in [9.17, 15) is 14.4 Å². The maximum absolute atomic E-state index is 12.2. The van der Waals surface area contributed by atoms with Crippen molar-refractivity contribution in [3.05, 3.63) is 53.6 Å². The summed E-state index contributed by atoms with van der Waals surface area (Å²) in [7, 11) is 1.45. The number of hydrogen-bond acceptors (Lipinski definition) is 7. The van der Waals surface area contributed by atoms with E-state index in [2.05, 4.69) is 10.6 Å². The molecule has 0 saturated heterocycles.